The molecule has 2 aromatic rings. The van der Waals surface area contributed by atoms with Crippen molar-refractivity contribution in [3.05, 3.63) is 41.7 Å². The molecule has 0 fully saturated rings. The van der Waals surface area contributed by atoms with E-state index in [0.29, 0.717) is 6.42 Å². The third kappa shape index (κ3) is 3.91. The molecule has 0 aliphatic heterocycles. The van der Waals surface area contributed by atoms with E-state index in [4.69, 9.17) is 5.11 Å². The maximum Gasteiger partial charge on any atom is 0.183 e. The molecule has 2 rings (SSSR count). The number of thioether (sulfide) groups is 1. The zero-order chi connectivity index (χ0) is 12.6. The van der Waals surface area contributed by atoms with Gasteiger partial charge < -0.3 is 5.11 Å². The molecule has 0 aliphatic rings. The van der Waals surface area contributed by atoms with E-state index in [2.05, 4.69) is 33.1 Å². The minimum atomic E-state index is 0.105. The molecule has 0 aliphatic carbocycles. The molecule has 0 spiro atoms. The van der Waals surface area contributed by atoms with E-state index in [0.717, 1.165) is 16.5 Å². The summed E-state index contributed by atoms with van der Waals surface area (Å²) in [5.74, 6) is 6.76. The standard InChI is InChI=1S/C13H13N3OS/c17-7-2-1-4-11-5-3-6-12(8-11)9-18-13-14-10-15-16-13/h3,5-6,8,10,17H,2,7,9H2,(H,14,15,16). The summed E-state index contributed by atoms with van der Waals surface area (Å²) in [4.78, 5) is 4.05. The van der Waals surface area contributed by atoms with Gasteiger partial charge in [-0.1, -0.05) is 35.7 Å². The van der Waals surface area contributed by atoms with Crippen molar-refractivity contribution >= 4 is 11.8 Å². The Morgan fingerprint density at radius 3 is 3.11 bits per heavy atom. The molecule has 1 aromatic carbocycles. The van der Waals surface area contributed by atoms with Gasteiger partial charge >= 0.3 is 0 Å². The van der Waals surface area contributed by atoms with E-state index >= 15 is 0 Å². The quantitative estimate of drug-likeness (QED) is 0.649. The fraction of sp³-hybridized carbons (Fsp3) is 0.231. The van der Waals surface area contributed by atoms with Gasteiger partial charge in [-0.25, -0.2) is 4.98 Å². The topological polar surface area (TPSA) is 61.8 Å². The van der Waals surface area contributed by atoms with Gasteiger partial charge in [-0.15, -0.1) is 0 Å². The maximum atomic E-state index is 8.67. The Bertz CT molecular complexity index is 543. The second-order valence-corrected chi connectivity index (χ2v) is 4.52. The molecule has 18 heavy (non-hydrogen) atoms. The molecule has 0 unspecified atom stereocenters. The van der Waals surface area contributed by atoms with Crippen molar-refractivity contribution in [1.82, 2.24) is 15.2 Å². The van der Waals surface area contributed by atoms with Crippen molar-refractivity contribution in [1.29, 1.82) is 0 Å². The minimum absolute atomic E-state index is 0.105. The fourth-order valence-corrected chi connectivity index (χ4v) is 2.10. The third-order valence-electron chi connectivity index (χ3n) is 2.16. The Morgan fingerprint density at radius 2 is 2.33 bits per heavy atom. The average Bonchev–Trinajstić information content (AvgIpc) is 2.90. The van der Waals surface area contributed by atoms with E-state index < -0.39 is 0 Å². The van der Waals surface area contributed by atoms with Crippen molar-refractivity contribution < 1.29 is 5.11 Å². The van der Waals surface area contributed by atoms with E-state index in [1.165, 1.54) is 11.9 Å². The number of rotatable bonds is 4. The highest BCUT2D eigenvalue weighted by Crippen LogP contribution is 2.18. The predicted octanol–water partition coefficient (Wildman–Crippen LogP) is 1.83. The molecule has 5 heteroatoms. The maximum absolute atomic E-state index is 8.67. The zero-order valence-electron chi connectivity index (χ0n) is 9.76. The Morgan fingerprint density at radius 1 is 1.39 bits per heavy atom. The number of nitrogens with zero attached hydrogens (tertiary/aromatic N) is 2. The van der Waals surface area contributed by atoms with Crippen LogP contribution in [-0.2, 0) is 5.75 Å². The number of H-pyrrole nitrogens is 1. The first-order valence-electron chi connectivity index (χ1n) is 5.55. The number of aliphatic hydroxyl groups excluding tert-OH is 1. The van der Waals surface area contributed by atoms with Crippen LogP contribution in [0.25, 0.3) is 0 Å². The highest BCUT2D eigenvalue weighted by atomic mass is 32.2. The number of aromatic nitrogens is 3. The van der Waals surface area contributed by atoms with Crippen LogP contribution < -0.4 is 0 Å². The lowest BCUT2D eigenvalue weighted by Gasteiger charge is -1.99. The summed E-state index contributed by atoms with van der Waals surface area (Å²) in [6, 6.07) is 8.06. The van der Waals surface area contributed by atoms with Gasteiger partial charge in [0.25, 0.3) is 0 Å². The molecule has 92 valence electrons. The first-order chi connectivity index (χ1) is 8.88. The highest BCUT2D eigenvalue weighted by Gasteiger charge is 1.99. The van der Waals surface area contributed by atoms with E-state index in [9.17, 15) is 0 Å². The van der Waals surface area contributed by atoms with Crippen LogP contribution >= 0.6 is 11.8 Å². The molecule has 0 amide bonds. The molecule has 0 atom stereocenters. The first kappa shape index (κ1) is 12.7. The molecule has 1 heterocycles. The number of aromatic amines is 1. The summed E-state index contributed by atoms with van der Waals surface area (Å²) in [6.45, 7) is 0.105. The molecule has 0 radical (unpaired) electrons. The lowest BCUT2D eigenvalue weighted by Crippen LogP contribution is -1.84. The van der Waals surface area contributed by atoms with Crippen LogP contribution in [0.5, 0.6) is 0 Å². The molecular formula is C13H13N3OS. The average molecular weight is 259 g/mol. The van der Waals surface area contributed by atoms with Gasteiger partial charge in [0.2, 0.25) is 0 Å². The van der Waals surface area contributed by atoms with Crippen LogP contribution in [0.4, 0.5) is 0 Å². The molecular weight excluding hydrogens is 246 g/mol. The smallest absolute Gasteiger partial charge is 0.183 e. The minimum Gasteiger partial charge on any atom is -0.395 e. The van der Waals surface area contributed by atoms with Crippen LogP contribution in [0.15, 0.2) is 35.7 Å². The molecule has 0 saturated carbocycles. The Labute approximate surface area is 110 Å². The predicted molar refractivity (Wildman–Crippen MR) is 71.0 cm³/mol. The van der Waals surface area contributed by atoms with Crippen LogP contribution in [-0.4, -0.2) is 26.9 Å². The third-order valence-corrected chi connectivity index (χ3v) is 3.11. The van der Waals surface area contributed by atoms with Gasteiger partial charge in [0.05, 0.1) is 6.61 Å². The first-order valence-corrected chi connectivity index (χ1v) is 6.54. The number of hydrogen-bond acceptors (Lipinski definition) is 4. The summed E-state index contributed by atoms with van der Waals surface area (Å²) < 4.78 is 0. The normalized spacial score (nSPS) is 9.83. The summed E-state index contributed by atoms with van der Waals surface area (Å²) >= 11 is 1.60. The van der Waals surface area contributed by atoms with Crippen molar-refractivity contribution in [2.24, 2.45) is 0 Å². The molecule has 4 nitrogen and oxygen atoms in total. The van der Waals surface area contributed by atoms with Crippen molar-refractivity contribution in [3.63, 3.8) is 0 Å². The Kier molecular flexibility index (Phi) is 4.82. The van der Waals surface area contributed by atoms with E-state index in [-0.39, 0.29) is 6.61 Å². The summed E-state index contributed by atoms with van der Waals surface area (Å²) in [7, 11) is 0. The zero-order valence-corrected chi connectivity index (χ0v) is 10.6. The molecule has 1 aromatic heterocycles. The van der Waals surface area contributed by atoms with Gasteiger partial charge in [0.15, 0.2) is 5.16 Å². The second-order valence-electron chi connectivity index (χ2n) is 3.56. The van der Waals surface area contributed by atoms with Gasteiger partial charge in [-0.3, -0.25) is 5.10 Å². The SMILES string of the molecule is OCCC#Cc1cccc(CSc2ncn[nH]2)c1. The lowest BCUT2D eigenvalue weighted by atomic mass is 10.1. The number of aliphatic hydroxyl groups is 1. The van der Waals surface area contributed by atoms with Gasteiger partial charge in [0.1, 0.15) is 6.33 Å². The van der Waals surface area contributed by atoms with Crippen LogP contribution in [0.1, 0.15) is 17.5 Å². The molecule has 0 bridgehead atoms. The van der Waals surface area contributed by atoms with Crippen molar-refractivity contribution in [2.75, 3.05) is 6.61 Å². The Hall–Kier alpha value is -1.77. The van der Waals surface area contributed by atoms with Crippen LogP contribution in [0.3, 0.4) is 0 Å². The van der Waals surface area contributed by atoms with E-state index in [1.54, 1.807) is 11.8 Å². The lowest BCUT2D eigenvalue weighted by molar-refractivity contribution is 0.305. The second kappa shape index (κ2) is 6.84. The summed E-state index contributed by atoms with van der Waals surface area (Å²) in [6.07, 6.45) is 2.01. The van der Waals surface area contributed by atoms with Gasteiger partial charge in [0, 0.05) is 17.7 Å². The highest BCUT2D eigenvalue weighted by molar-refractivity contribution is 7.98. The Balaban J connectivity index is 1.97. The van der Waals surface area contributed by atoms with Crippen molar-refractivity contribution in [3.8, 4) is 11.8 Å². The number of hydrogen-bond donors (Lipinski definition) is 2. The monoisotopic (exact) mass is 259 g/mol. The van der Waals surface area contributed by atoms with Gasteiger partial charge in [-0.05, 0) is 17.7 Å². The van der Waals surface area contributed by atoms with Crippen molar-refractivity contribution in [2.45, 2.75) is 17.3 Å². The summed E-state index contributed by atoms with van der Waals surface area (Å²) in [5, 5.41) is 16.1. The van der Waals surface area contributed by atoms with Crippen LogP contribution in [0, 0.1) is 11.8 Å². The van der Waals surface area contributed by atoms with Gasteiger partial charge in [-0.2, -0.15) is 5.10 Å². The fourth-order valence-electron chi connectivity index (χ4n) is 1.37. The summed E-state index contributed by atoms with van der Waals surface area (Å²) in [5.41, 5.74) is 2.16. The van der Waals surface area contributed by atoms with E-state index in [1.807, 2.05) is 18.2 Å². The number of nitrogens with one attached hydrogen (secondary N) is 1. The van der Waals surface area contributed by atoms with Crippen LogP contribution in [0.2, 0.25) is 0 Å². The molecule has 0 saturated heterocycles. The number of benzene rings is 1. The molecule has 2 N–H and O–H groups in total. The largest absolute Gasteiger partial charge is 0.395 e.